The molecule has 1 aliphatic heterocycles. The minimum Gasteiger partial charge on any atom is -0.354 e. The number of amides is 2. The summed E-state index contributed by atoms with van der Waals surface area (Å²) in [4.78, 5) is 28.1. The topological polar surface area (TPSA) is 49.4 Å². The van der Waals surface area contributed by atoms with Crippen molar-refractivity contribution in [2.24, 2.45) is 5.92 Å². The van der Waals surface area contributed by atoms with Gasteiger partial charge in [-0.15, -0.1) is 11.8 Å². The van der Waals surface area contributed by atoms with E-state index in [-0.39, 0.29) is 16.6 Å². The van der Waals surface area contributed by atoms with Crippen molar-refractivity contribution in [3.63, 3.8) is 0 Å². The molecule has 0 bridgehead atoms. The molecule has 1 N–H and O–H groups in total. The van der Waals surface area contributed by atoms with Gasteiger partial charge >= 0.3 is 0 Å². The van der Waals surface area contributed by atoms with Gasteiger partial charge in [0.2, 0.25) is 11.8 Å². The van der Waals surface area contributed by atoms with E-state index in [4.69, 9.17) is 0 Å². The van der Waals surface area contributed by atoms with Gasteiger partial charge in [-0.2, -0.15) is 0 Å². The Morgan fingerprint density at radius 3 is 2.62 bits per heavy atom. The quantitative estimate of drug-likeness (QED) is 0.879. The van der Waals surface area contributed by atoms with Gasteiger partial charge in [0.1, 0.15) is 6.04 Å². The predicted molar refractivity (Wildman–Crippen MR) is 100 cm³/mol. The Bertz CT molecular complexity index is 613. The van der Waals surface area contributed by atoms with Gasteiger partial charge in [-0.3, -0.25) is 14.5 Å². The third kappa shape index (κ3) is 4.53. The maximum Gasteiger partial charge on any atom is 0.242 e. The molecule has 0 fully saturated rings. The largest absolute Gasteiger partial charge is 0.354 e. The van der Waals surface area contributed by atoms with E-state index < -0.39 is 6.04 Å². The highest BCUT2D eigenvalue weighted by Crippen LogP contribution is 2.44. The molecule has 24 heavy (non-hydrogen) atoms. The molecule has 1 aromatic rings. The van der Waals surface area contributed by atoms with Gasteiger partial charge in [0, 0.05) is 22.6 Å². The van der Waals surface area contributed by atoms with Gasteiger partial charge in [0.25, 0.3) is 0 Å². The zero-order valence-electron chi connectivity index (χ0n) is 15.3. The summed E-state index contributed by atoms with van der Waals surface area (Å²) in [5.74, 6) is 0.450. The second kappa shape index (κ2) is 7.60. The molecule has 0 aromatic heterocycles. The number of para-hydroxylation sites is 1. The molecule has 5 heteroatoms. The Balaban J connectivity index is 2.24. The number of anilines is 1. The third-order valence-corrected chi connectivity index (χ3v) is 5.41. The fourth-order valence-corrected chi connectivity index (χ4v) is 4.04. The Hall–Kier alpha value is -1.49. The van der Waals surface area contributed by atoms with Gasteiger partial charge in [0.05, 0.1) is 5.69 Å². The maximum absolute atomic E-state index is 12.9. The molecule has 2 amide bonds. The summed E-state index contributed by atoms with van der Waals surface area (Å²) in [5.41, 5.74) is 0.838. The molecule has 1 aliphatic rings. The summed E-state index contributed by atoms with van der Waals surface area (Å²) in [7, 11) is 0. The van der Waals surface area contributed by atoms with E-state index in [0.29, 0.717) is 18.9 Å². The van der Waals surface area contributed by atoms with Crippen molar-refractivity contribution in [3.05, 3.63) is 24.3 Å². The molecule has 1 aromatic carbocycles. The van der Waals surface area contributed by atoms with E-state index in [1.165, 1.54) is 0 Å². The van der Waals surface area contributed by atoms with E-state index in [1.54, 1.807) is 16.7 Å². The van der Waals surface area contributed by atoms with Gasteiger partial charge in [-0.1, -0.05) is 26.0 Å². The van der Waals surface area contributed by atoms with Crippen LogP contribution in [0.5, 0.6) is 0 Å². The van der Waals surface area contributed by atoms with Crippen LogP contribution < -0.4 is 10.2 Å². The first-order chi connectivity index (χ1) is 11.2. The van der Waals surface area contributed by atoms with Crippen LogP contribution in [0.2, 0.25) is 0 Å². The lowest BCUT2D eigenvalue weighted by molar-refractivity contribution is -0.126. The molecule has 0 saturated carbocycles. The number of thioether (sulfide) groups is 1. The first-order valence-electron chi connectivity index (χ1n) is 8.59. The van der Waals surface area contributed by atoms with Crippen molar-refractivity contribution in [1.29, 1.82) is 0 Å². The standard InChI is InChI=1S/C19H28N2O2S/c1-13(2)10-11-20-18(23)14(3)21-15-8-6-7-9-16(15)24-19(4,5)12-17(21)22/h6-9,13-14H,10-12H2,1-5H3,(H,20,23). The van der Waals surface area contributed by atoms with Crippen molar-refractivity contribution in [1.82, 2.24) is 5.32 Å². The zero-order chi connectivity index (χ0) is 17.9. The lowest BCUT2D eigenvalue weighted by Gasteiger charge is -2.29. The molecule has 0 radical (unpaired) electrons. The summed E-state index contributed by atoms with van der Waals surface area (Å²) >= 11 is 1.70. The second-order valence-electron chi connectivity index (χ2n) is 7.42. The lowest BCUT2D eigenvalue weighted by atomic mass is 10.1. The number of hydrogen-bond donors (Lipinski definition) is 1. The van der Waals surface area contributed by atoms with Crippen molar-refractivity contribution in [2.45, 2.75) is 63.1 Å². The molecule has 0 spiro atoms. The third-order valence-electron chi connectivity index (χ3n) is 4.14. The van der Waals surface area contributed by atoms with Crippen LogP contribution >= 0.6 is 11.8 Å². The number of benzene rings is 1. The first-order valence-corrected chi connectivity index (χ1v) is 9.41. The number of carbonyl (C=O) groups is 2. The second-order valence-corrected chi connectivity index (χ2v) is 9.17. The molecule has 1 atom stereocenters. The summed E-state index contributed by atoms with van der Waals surface area (Å²) in [6, 6.07) is 7.33. The van der Waals surface area contributed by atoms with Crippen LogP contribution in [0.15, 0.2) is 29.2 Å². The fourth-order valence-electron chi connectivity index (χ4n) is 2.83. The Kier molecular flexibility index (Phi) is 5.97. The smallest absolute Gasteiger partial charge is 0.242 e. The number of nitrogens with zero attached hydrogens (tertiary/aromatic N) is 1. The highest BCUT2D eigenvalue weighted by atomic mass is 32.2. The molecule has 0 saturated heterocycles. The van der Waals surface area contributed by atoms with Crippen LogP contribution in [0.1, 0.15) is 47.5 Å². The molecule has 2 rings (SSSR count). The average Bonchev–Trinajstić information content (AvgIpc) is 2.57. The lowest BCUT2D eigenvalue weighted by Crippen LogP contribution is -2.49. The predicted octanol–water partition coefficient (Wildman–Crippen LogP) is 3.84. The zero-order valence-corrected chi connectivity index (χ0v) is 16.1. The van der Waals surface area contributed by atoms with Crippen LogP contribution in [-0.2, 0) is 9.59 Å². The van der Waals surface area contributed by atoms with E-state index >= 15 is 0 Å². The minimum absolute atomic E-state index is 0.00367. The normalized spacial score (nSPS) is 18.1. The van der Waals surface area contributed by atoms with Crippen molar-refractivity contribution >= 4 is 29.3 Å². The molecule has 0 aliphatic carbocycles. The van der Waals surface area contributed by atoms with Gasteiger partial charge in [-0.05, 0) is 45.2 Å². The molecular weight excluding hydrogens is 320 g/mol. The summed E-state index contributed by atoms with van der Waals surface area (Å²) in [6.07, 6.45) is 1.35. The van der Waals surface area contributed by atoms with E-state index in [2.05, 4.69) is 33.0 Å². The fraction of sp³-hybridized carbons (Fsp3) is 0.579. The van der Waals surface area contributed by atoms with Crippen LogP contribution in [0.3, 0.4) is 0 Å². The van der Waals surface area contributed by atoms with E-state index in [0.717, 1.165) is 17.0 Å². The van der Waals surface area contributed by atoms with Crippen LogP contribution in [0.4, 0.5) is 5.69 Å². The van der Waals surface area contributed by atoms with Gasteiger partial charge in [-0.25, -0.2) is 0 Å². The Labute approximate surface area is 149 Å². The van der Waals surface area contributed by atoms with E-state index in [1.807, 2.05) is 31.2 Å². The van der Waals surface area contributed by atoms with Crippen LogP contribution in [-0.4, -0.2) is 29.1 Å². The number of nitrogens with one attached hydrogen (secondary N) is 1. The molecule has 1 unspecified atom stereocenters. The highest BCUT2D eigenvalue weighted by Gasteiger charge is 2.36. The molecule has 1 heterocycles. The number of carbonyl (C=O) groups excluding carboxylic acids is 2. The SMILES string of the molecule is CC(C)CCNC(=O)C(C)N1C(=O)CC(C)(C)Sc2ccccc21. The molecule has 4 nitrogen and oxygen atoms in total. The maximum atomic E-state index is 12.9. The molecule has 132 valence electrons. The van der Waals surface area contributed by atoms with Crippen molar-refractivity contribution in [3.8, 4) is 0 Å². The summed E-state index contributed by atoms with van der Waals surface area (Å²) in [6.45, 7) is 10.9. The van der Waals surface area contributed by atoms with Crippen LogP contribution in [0.25, 0.3) is 0 Å². The van der Waals surface area contributed by atoms with Crippen molar-refractivity contribution < 1.29 is 9.59 Å². The minimum atomic E-state index is -0.514. The summed E-state index contributed by atoms with van der Waals surface area (Å²) in [5, 5.41) is 2.96. The van der Waals surface area contributed by atoms with Crippen molar-refractivity contribution in [2.75, 3.05) is 11.4 Å². The number of rotatable bonds is 5. The monoisotopic (exact) mass is 348 g/mol. The molecular formula is C19H28N2O2S. The highest BCUT2D eigenvalue weighted by molar-refractivity contribution is 8.00. The Morgan fingerprint density at radius 1 is 1.29 bits per heavy atom. The van der Waals surface area contributed by atoms with E-state index in [9.17, 15) is 9.59 Å². The number of fused-ring (bicyclic) bond motifs is 1. The number of hydrogen-bond acceptors (Lipinski definition) is 3. The summed E-state index contributed by atoms with van der Waals surface area (Å²) < 4.78 is -0.185. The van der Waals surface area contributed by atoms with Gasteiger partial charge in [0.15, 0.2) is 0 Å². The van der Waals surface area contributed by atoms with Gasteiger partial charge < -0.3 is 5.32 Å². The van der Waals surface area contributed by atoms with Crippen LogP contribution in [0, 0.1) is 5.92 Å². The first kappa shape index (κ1) is 18.8. The Morgan fingerprint density at radius 2 is 1.96 bits per heavy atom. The average molecular weight is 349 g/mol.